The standard InChI is InChI=1S/C21H31N3O3/c1-16(2)15-20(25)22-17-7-9-23(10-8-17)19-6-4-3-5-18(19)21(26)24-11-13-27-14-12-24/h3-6,16-17H,7-15H2,1-2H3,(H,22,25). The molecular weight excluding hydrogens is 342 g/mol. The van der Waals surface area contributed by atoms with Crippen molar-refractivity contribution in [3.63, 3.8) is 0 Å². The van der Waals surface area contributed by atoms with Crippen LogP contribution in [0.3, 0.4) is 0 Å². The maximum Gasteiger partial charge on any atom is 0.256 e. The predicted octanol–water partition coefficient (Wildman–Crippen LogP) is 2.29. The van der Waals surface area contributed by atoms with Gasteiger partial charge in [-0.3, -0.25) is 9.59 Å². The number of nitrogens with one attached hydrogen (secondary N) is 1. The summed E-state index contributed by atoms with van der Waals surface area (Å²) in [6.07, 6.45) is 2.39. The molecule has 3 rings (SSSR count). The summed E-state index contributed by atoms with van der Waals surface area (Å²) in [7, 11) is 0. The van der Waals surface area contributed by atoms with Crippen LogP contribution in [-0.4, -0.2) is 62.1 Å². The summed E-state index contributed by atoms with van der Waals surface area (Å²) in [5.41, 5.74) is 1.77. The van der Waals surface area contributed by atoms with E-state index in [-0.39, 0.29) is 17.9 Å². The fourth-order valence-corrected chi connectivity index (χ4v) is 3.79. The Labute approximate surface area is 161 Å². The number of hydrogen-bond acceptors (Lipinski definition) is 4. The monoisotopic (exact) mass is 373 g/mol. The average molecular weight is 373 g/mol. The van der Waals surface area contributed by atoms with Crippen LogP contribution in [0.1, 0.15) is 43.5 Å². The summed E-state index contributed by atoms with van der Waals surface area (Å²) in [4.78, 5) is 29.1. The largest absolute Gasteiger partial charge is 0.378 e. The minimum atomic E-state index is 0.0845. The second kappa shape index (κ2) is 9.22. The van der Waals surface area contributed by atoms with Gasteiger partial charge in [-0.25, -0.2) is 0 Å². The van der Waals surface area contributed by atoms with Gasteiger partial charge in [-0.05, 0) is 30.9 Å². The van der Waals surface area contributed by atoms with E-state index >= 15 is 0 Å². The topological polar surface area (TPSA) is 61.9 Å². The minimum Gasteiger partial charge on any atom is -0.378 e. The molecule has 27 heavy (non-hydrogen) atoms. The second-order valence-corrected chi connectivity index (χ2v) is 7.85. The molecular formula is C21H31N3O3. The van der Waals surface area contributed by atoms with Crippen molar-refractivity contribution in [2.75, 3.05) is 44.3 Å². The number of carbonyl (C=O) groups is 2. The fraction of sp³-hybridized carbons (Fsp3) is 0.619. The van der Waals surface area contributed by atoms with Crippen LogP contribution in [0.4, 0.5) is 5.69 Å². The highest BCUT2D eigenvalue weighted by Gasteiger charge is 2.26. The van der Waals surface area contributed by atoms with Gasteiger partial charge < -0.3 is 19.9 Å². The molecule has 2 saturated heterocycles. The summed E-state index contributed by atoms with van der Waals surface area (Å²) in [6, 6.07) is 8.10. The number of anilines is 1. The normalized spacial score (nSPS) is 18.6. The lowest BCUT2D eigenvalue weighted by atomic mass is 10.0. The molecule has 0 radical (unpaired) electrons. The second-order valence-electron chi connectivity index (χ2n) is 7.85. The molecule has 2 fully saturated rings. The Balaban J connectivity index is 1.61. The number of benzene rings is 1. The fourth-order valence-electron chi connectivity index (χ4n) is 3.79. The third kappa shape index (κ3) is 5.22. The van der Waals surface area contributed by atoms with E-state index < -0.39 is 0 Å². The molecule has 148 valence electrons. The SMILES string of the molecule is CC(C)CC(=O)NC1CCN(c2ccccc2C(=O)N2CCOCC2)CC1. The number of carbonyl (C=O) groups excluding carboxylic acids is 2. The Morgan fingerprint density at radius 2 is 1.78 bits per heavy atom. The van der Waals surface area contributed by atoms with Crippen molar-refractivity contribution in [1.29, 1.82) is 0 Å². The molecule has 0 aromatic heterocycles. The van der Waals surface area contributed by atoms with Gasteiger partial charge in [-0.1, -0.05) is 26.0 Å². The number of morpholine rings is 1. The van der Waals surface area contributed by atoms with E-state index in [1.165, 1.54) is 0 Å². The first kappa shape index (κ1) is 19.7. The molecule has 2 aliphatic rings. The lowest BCUT2D eigenvalue weighted by molar-refractivity contribution is -0.122. The quantitative estimate of drug-likeness (QED) is 0.860. The zero-order valence-electron chi connectivity index (χ0n) is 16.4. The molecule has 0 unspecified atom stereocenters. The lowest BCUT2D eigenvalue weighted by Crippen LogP contribution is -2.46. The van der Waals surface area contributed by atoms with Crippen LogP contribution in [0.5, 0.6) is 0 Å². The van der Waals surface area contributed by atoms with Crippen molar-refractivity contribution in [1.82, 2.24) is 10.2 Å². The number of ether oxygens (including phenoxy) is 1. The third-order valence-corrected chi connectivity index (χ3v) is 5.23. The number of rotatable bonds is 5. The predicted molar refractivity (Wildman–Crippen MR) is 106 cm³/mol. The molecule has 1 aromatic rings. The van der Waals surface area contributed by atoms with Gasteiger partial charge in [0.15, 0.2) is 0 Å². The van der Waals surface area contributed by atoms with E-state index in [9.17, 15) is 9.59 Å². The molecule has 6 nitrogen and oxygen atoms in total. The minimum absolute atomic E-state index is 0.0845. The Morgan fingerprint density at radius 1 is 1.11 bits per heavy atom. The van der Waals surface area contributed by atoms with Crippen LogP contribution in [-0.2, 0) is 9.53 Å². The van der Waals surface area contributed by atoms with Crippen molar-refractivity contribution >= 4 is 17.5 Å². The first-order valence-corrected chi connectivity index (χ1v) is 10.0. The zero-order chi connectivity index (χ0) is 19.2. The van der Waals surface area contributed by atoms with Crippen LogP contribution < -0.4 is 10.2 Å². The maximum atomic E-state index is 13.0. The summed E-state index contributed by atoms with van der Waals surface area (Å²) >= 11 is 0. The number of hydrogen-bond donors (Lipinski definition) is 1. The highest BCUT2D eigenvalue weighted by Crippen LogP contribution is 2.26. The van der Waals surface area contributed by atoms with Crippen LogP contribution in [0.15, 0.2) is 24.3 Å². The highest BCUT2D eigenvalue weighted by atomic mass is 16.5. The number of nitrogens with zero attached hydrogens (tertiary/aromatic N) is 2. The van der Waals surface area contributed by atoms with Gasteiger partial charge in [0.2, 0.25) is 5.91 Å². The Kier molecular flexibility index (Phi) is 6.72. The van der Waals surface area contributed by atoms with E-state index in [0.29, 0.717) is 38.6 Å². The summed E-state index contributed by atoms with van der Waals surface area (Å²) in [6.45, 7) is 8.33. The van der Waals surface area contributed by atoms with Crippen LogP contribution in [0.25, 0.3) is 0 Å². The van der Waals surface area contributed by atoms with Gasteiger partial charge in [-0.15, -0.1) is 0 Å². The maximum absolute atomic E-state index is 13.0. The van der Waals surface area contributed by atoms with Gasteiger partial charge >= 0.3 is 0 Å². The van der Waals surface area contributed by atoms with Crippen molar-refractivity contribution in [2.24, 2.45) is 5.92 Å². The number of amides is 2. The van der Waals surface area contributed by atoms with Crippen LogP contribution >= 0.6 is 0 Å². The third-order valence-electron chi connectivity index (χ3n) is 5.23. The number of para-hydroxylation sites is 1. The lowest BCUT2D eigenvalue weighted by Gasteiger charge is -2.36. The van der Waals surface area contributed by atoms with E-state index in [1.54, 1.807) is 0 Å². The molecule has 0 aliphatic carbocycles. The van der Waals surface area contributed by atoms with Crippen molar-refractivity contribution in [3.05, 3.63) is 29.8 Å². The molecule has 0 saturated carbocycles. The summed E-state index contributed by atoms with van der Waals surface area (Å²) in [5, 5.41) is 3.16. The molecule has 0 spiro atoms. The first-order chi connectivity index (χ1) is 13.0. The molecule has 6 heteroatoms. The molecule has 2 heterocycles. The molecule has 1 N–H and O–H groups in total. The average Bonchev–Trinajstić information content (AvgIpc) is 2.68. The Bertz CT molecular complexity index is 648. The van der Waals surface area contributed by atoms with Crippen molar-refractivity contribution in [3.8, 4) is 0 Å². The molecule has 2 amide bonds. The van der Waals surface area contributed by atoms with Crippen molar-refractivity contribution in [2.45, 2.75) is 39.2 Å². The van der Waals surface area contributed by atoms with Crippen LogP contribution in [0, 0.1) is 5.92 Å². The van der Waals surface area contributed by atoms with Gasteiger partial charge in [-0.2, -0.15) is 0 Å². The molecule has 1 aromatic carbocycles. The van der Waals surface area contributed by atoms with Gasteiger partial charge in [0, 0.05) is 44.3 Å². The van der Waals surface area contributed by atoms with Gasteiger partial charge in [0.25, 0.3) is 5.91 Å². The van der Waals surface area contributed by atoms with E-state index in [0.717, 1.165) is 37.2 Å². The summed E-state index contributed by atoms with van der Waals surface area (Å²) < 4.78 is 5.36. The molecule has 0 atom stereocenters. The van der Waals surface area contributed by atoms with E-state index in [1.807, 2.05) is 29.2 Å². The van der Waals surface area contributed by atoms with Crippen molar-refractivity contribution < 1.29 is 14.3 Å². The van der Waals surface area contributed by atoms with Gasteiger partial charge in [0.1, 0.15) is 0 Å². The van der Waals surface area contributed by atoms with Gasteiger partial charge in [0.05, 0.1) is 18.8 Å². The Hall–Kier alpha value is -2.08. The van der Waals surface area contributed by atoms with E-state index in [4.69, 9.17) is 4.74 Å². The van der Waals surface area contributed by atoms with E-state index in [2.05, 4.69) is 24.1 Å². The molecule has 0 bridgehead atoms. The van der Waals surface area contributed by atoms with Crippen LogP contribution in [0.2, 0.25) is 0 Å². The number of piperidine rings is 1. The Morgan fingerprint density at radius 3 is 2.44 bits per heavy atom. The highest BCUT2D eigenvalue weighted by molar-refractivity contribution is 6.00. The smallest absolute Gasteiger partial charge is 0.256 e. The first-order valence-electron chi connectivity index (χ1n) is 10.0. The molecule has 2 aliphatic heterocycles. The summed E-state index contributed by atoms with van der Waals surface area (Å²) in [5.74, 6) is 0.607. The zero-order valence-corrected chi connectivity index (χ0v) is 16.4.